The summed E-state index contributed by atoms with van der Waals surface area (Å²) in [7, 11) is -2.49. The summed E-state index contributed by atoms with van der Waals surface area (Å²) in [5.74, 6) is 0. The summed E-state index contributed by atoms with van der Waals surface area (Å²) in [6.07, 6.45) is -14.5. The Labute approximate surface area is 123 Å². The molecule has 1 saturated heterocycles. The predicted molar refractivity (Wildman–Crippen MR) is 68.3 cm³/mol. The van der Waals surface area contributed by atoms with E-state index in [9.17, 15) is 26.3 Å². The average molecular weight is 347 g/mol. The molecule has 1 aliphatic heterocycles. The molecule has 0 aromatic heterocycles. The molecule has 22 heavy (non-hydrogen) atoms. The number of benzene rings is 1. The van der Waals surface area contributed by atoms with Gasteiger partial charge < -0.3 is 9.19 Å². The number of hydrogen-bond acceptors (Lipinski definition) is 3. The van der Waals surface area contributed by atoms with Crippen LogP contribution in [-0.2, 0) is 9.05 Å². The zero-order valence-corrected chi connectivity index (χ0v) is 12.0. The van der Waals surface area contributed by atoms with Crippen LogP contribution in [0.4, 0.5) is 32.0 Å². The van der Waals surface area contributed by atoms with Gasteiger partial charge in [-0.2, -0.15) is 26.3 Å². The van der Waals surface area contributed by atoms with E-state index in [-0.39, 0.29) is 13.2 Å². The number of anilines is 1. The van der Waals surface area contributed by atoms with Gasteiger partial charge in [0.25, 0.3) is 14.6 Å². The highest BCUT2D eigenvalue weighted by molar-refractivity contribution is 7.49. The Hall–Kier alpha value is -1.05. The average Bonchev–Trinajstić information content (AvgIpc) is 2.43. The van der Waals surface area contributed by atoms with Gasteiger partial charge in [-0.05, 0) is 18.6 Å². The van der Waals surface area contributed by atoms with Crippen molar-refractivity contribution in [2.75, 3.05) is 17.8 Å². The molecule has 1 unspecified atom stereocenters. The van der Waals surface area contributed by atoms with Gasteiger partial charge in [0.15, 0.2) is 0 Å². The van der Waals surface area contributed by atoms with Crippen LogP contribution < -0.4 is 4.67 Å². The van der Waals surface area contributed by atoms with E-state index < -0.39 is 27.0 Å². The highest BCUT2D eigenvalue weighted by Crippen LogP contribution is 2.53. The second-order valence-corrected chi connectivity index (χ2v) is 5.88. The summed E-state index contributed by atoms with van der Waals surface area (Å²) in [6, 6.07) is 8.09. The summed E-state index contributed by atoms with van der Waals surface area (Å²) >= 11 is 0. The van der Waals surface area contributed by atoms with E-state index in [4.69, 9.17) is 4.52 Å². The fourth-order valence-electron chi connectivity index (χ4n) is 1.81. The van der Waals surface area contributed by atoms with Crippen molar-refractivity contribution >= 4 is 14.2 Å². The Morgan fingerprint density at radius 1 is 1.05 bits per heavy atom. The van der Waals surface area contributed by atoms with Crippen LogP contribution in [0, 0.1) is 0 Å². The Balaban J connectivity index is 2.20. The summed E-state index contributed by atoms with van der Waals surface area (Å²) in [6.45, 7) is 0.315. The third kappa shape index (κ3) is 4.24. The molecule has 1 heterocycles. The Morgan fingerprint density at radius 2 is 1.64 bits per heavy atom. The Kier molecular flexibility index (Phi) is 5.19. The van der Waals surface area contributed by atoms with Crippen molar-refractivity contribution < 1.29 is 35.4 Å². The molecule has 124 valence electrons. The van der Waals surface area contributed by atoms with E-state index in [2.05, 4.69) is 4.52 Å². The molecule has 1 aromatic carbocycles. The van der Waals surface area contributed by atoms with Crippen molar-refractivity contribution in [3.8, 4) is 0 Å². The van der Waals surface area contributed by atoms with E-state index in [1.807, 2.05) is 0 Å². The summed E-state index contributed by atoms with van der Waals surface area (Å²) in [4.78, 5) is 0. The van der Waals surface area contributed by atoms with Crippen LogP contribution in [-0.4, -0.2) is 31.6 Å². The molecule has 1 aromatic rings. The minimum Gasteiger partial charge on any atom is -0.317 e. The van der Waals surface area contributed by atoms with Crippen molar-refractivity contribution in [1.29, 1.82) is 0 Å². The van der Waals surface area contributed by atoms with Gasteiger partial charge in [-0.3, -0.25) is 4.52 Å². The molecule has 0 aliphatic carbocycles. The molecule has 0 bridgehead atoms. The molecule has 0 radical (unpaired) electrons. The normalized spacial score (nSPS) is 20.5. The summed E-state index contributed by atoms with van der Waals surface area (Å²) < 4.78 is 86.2. The maximum absolute atomic E-state index is 12.6. The highest BCUT2D eigenvalue weighted by atomic mass is 31.2. The molecule has 0 amide bonds. The number of nitrogens with zero attached hydrogens (tertiary/aromatic N) is 1. The van der Waals surface area contributed by atoms with Crippen molar-refractivity contribution in [2.24, 2.45) is 0 Å². The minimum absolute atomic E-state index is 0.0530. The molecule has 0 saturated carbocycles. The van der Waals surface area contributed by atoms with Crippen LogP contribution in [0.25, 0.3) is 0 Å². The lowest BCUT2D eigenvalue weighted by atomic mass is 10.3. The van der Waals surface area contributed by atoms with Gasteiger partial charge in [0.2, 0.25) is 0 Å². The van der Waals surface area contributed by atoms with Gasteiger partial charge >= 0.3 is 12.4 Å². The maximum Gasteiger partial charge on any atom is 0.424 e. The fraction of sp³-hybridized carbons (Fsp3) is 0.500. The molecule has 1 fully saturated rings. The van der Waals surface area contributed by atoms with Crippen LogP contribution in [0.15, 0.2) is 30.3 Å². The monoisotopic (exact) mass is 347 g/mol. The molecule has 1 atom stereocenters. The molecule has 2 rings (SSSR count). The number of rotatable bonds is 3. The van der Waals surface area contributed by atoms with Crippen LogP contribution in [0.2, 0.25) is 0 Å². The molecule has 0 spiro atoms. The van der Waals surface area contributed by atoms with Gasteiger partial charge in [-0.25, -0.2) is 0 Å². The van der Waals surface area contributed by atoms with Crippen LogP contribution in [0.3, 0.4) is 0 Å². The Morgan fingerprint density at radius 3 is 2.18 bits per heavy atom. The number of alkyl halides is 6. The zero-order valence-electron chi connectivity index (χ0n) is 11.1. The Bertz CT molecular complexity index is 467. The van der Waals surface area contributed by atoms with E-state index >= 15 is 0 Å². The van der Waals surface area contributed by atoms with E-state index in [1.165, 1.54) is 4.67 Å². The number of para-hydroxylation sites is 1. The molecule has 10 heteroatoms. The van der Waals surface area contributed by atoms with E-state index in [0.29, 0.717) is 12.1 Å². The zero-order chi connectivity index (χ0) is 16.4. The first-order chi connectivity index (χ1) is 10.2. The lowest BCUT2D eigenvalue weighted by Gasteiger charge is -2.37. The lowest BCUT2D eigenvalue weighted by molar-refractivity contribution is -0.300. The van der Waals surface area contributed by atoms with Crippen LogP contribution in [0.1, 0.15) is 6.42 Å². The first-order valence-electron chi connectivity index (χ1n) is 6.25. The van der Waals surface area contributed by atoms with Gasteiger partial charge in [0, 0.05) is 12.2 Å². The largest absolute Gasteiger partial charge is 0.424 e. The minimum atomic E-state index is -5.55. The predicted octanol–water partition coefficient (Wildman–Crippen LogP) is 4.65. The van der Waals surface area contributed by atoms with Gasteiger partial charge in [-0.15, -0.1) is 0 Å². The van der Waals surface area contributed by atoms with Crippen LogP contribution >= 0.6 is 8.53 Å². The van der Waals surface area contributed by atoms with Crippen molar-refractivity contribution in [1.82, 2.24) is 0 Å². The molecule has 3 nitrogen and oxygen atoms in total. The first-order valence-corrected chi connectivity index (χ1v) is 7.38. The number of hydrogen-bond donors (Lipinski definition) is 0. The first kappa shape index (κ1) is 17.3. The van der Waals surface area contributed by atoms with E-state index in [0.717, 1.165) is 0 Å². The van der Waals surface area contributed by atoms with Crippen molar-refractivity contribution in [2.45, 2.75) is 24.9 Å². The lowest BCUT2D eigenvalue weighted by Crippen LogP contribution is -2.44. The summed E-state index contributed by atoms with van der Waals surface area (Å²) in [5.41, 5.74) is 0.455. The molecule has 0 N–H and O–H groups in total. The van der Waals surface area contributed by atoms with Gasteiger partial charge in [0.1, 0.15) is 0 Å². The van der Waals surface area contributed by atoms with E-state index in [1.54, 1.807) is 30.3 Å². The molecular weight excluding hydrogens is 335 g/mol. The highest BCUT2D eigenvalue weighted by Gasteiger charge is 2.60. The SMILES string of the molecule is FC(F)(F)C(OP1OCCCN1c1ccccc1)C(F)(F)F. The maximum atomic E-state index is 12.6. The van der Waals surface area contributed by atoms with Gasteiger partial charge in [0.05, 0.1) is 6.61 Å². The number of halogens is 6. The fourth-order valence-corrected chi connectivity index (χ4v) is 3.46. The molecular formula is C12H12F6NO2P. The van der Waals surface area contributed by atoms with Gasteiger partial charge in [-0.1, -0.05) is 18.2 Å². The summed E-state index contributed by atoms with van der Waals surface area (Å²) in [5, 5.41) is 0. The third-order valence-electron chi connectivity index (χ3n) is 2.76. The molecule has 1 aliphatic rings. The van der Waals surface area contributed by atoms with Crippen molar-refractivity contribution in [3.05, 3.63) is 30.3 Å². The topological polar surface area (TPSA) is 21.7 Å². The third-order valence-corrected chi connectivity index (χ3v) is 4.38. The quantitative estimate of drug-likeness (QED) is 0.587. The van der Waals surface area contributed by atoms with Crippen LogP contribution in [0.5, 0.6) is 0 Å². The second kappa shape index (κ2) is 6.60. The smallest absolute Gasteiger partial charge is 0.317 e. The van der Waals surface area contributed by atoms with Crippen molar-refractivity contribution in [3.63, 3.8) is 0 Å². The standard InChI is InChI=1S/C12H12F6NO2P/c13-11(14,15)10(12(16,17)18)21-22-19(7-4-8-20-22)9-5-2-1-3-6-9/h1-3,5-6,10H,4,7-8H2. The second-order valence-electron chi connectivity index (χ2n) is 4.45.